The third-order valence-corrected chi connectivity index (χ3v) is 3.92. The van der Waals surface area contributed by atoms with Crippen LogP contribution in [0.5, 0.6) is 5.75 Å². The molecule has 1 aromatic carbocycles. The first-order valence-electron chi connectivity index (χ1n) is 6.05. The lowest BCUT2D eigenvalue weighted by molar-refractivity contribution is 0.340. The summed E-state index contributed by atoms with van der Waals surface area (Å²) in [6.07, 6.45) is 2.15. The van der Waals surface area contributed by atoms with Gasteiger partial charge in [0.1, 0.15) is 5.75 Å². The summed E-state index contributed by atoms with van der Waals surface area (Å²) in [7, 11) is 0. The Bertz CT molecular complexity index is 321. The highest BCUT2D eigenvalue weighted by Crippen LogP contribution is 2.19. The van der Waals surface area contributed by atoms with E-state index in [9.17, 15) is 0 Å². The second-order valence-electron chi connectivity index (χ2n) is 4.64. The molecule has 0 aliphatic carbocycles. The number of hydrogen-bond acceptors (Lipinski definition) is 3. The Kier molecular flexibility index (Phi) is 5.86. The highest BCUT2D eigenvalue weighted by molar-refractivity contribution is 7.99. The molecule has 0 bridgehead atoms. The fraction of sp³-hybridized carbons (Fsp3) is 0.571. The molecule has 0 unspecified atom stereocenters. The summed E-state index contributed by atoms with van der Waals surface area (Å²) < 4.78 is 5.71. The fourth-order valence-electron chi connectivity index (χ4n) is 1.45. The minimum absolute atomic E-state index is 0.297. The van der Waals surface area contributed by atoms with Crippen LogP contribution in [0.25, 0.3) is 0 Å². The lowest BCUT2D eigenvalue weighted by Gasteiger charge is -2.22. The van der Waals surface area contributed by atoms with E-state index in [0.717, 1.165) is 25.4 Å². The predicted octanol–water partition coefficient (Wildman–Crippen LogP) is 3.32. The summed E-state index contributed by atoms with van der Waals surface area (Å²) in [6, 6.07) is 8.29. The molecule has 2 nitrogen and oxygen atoms in total. The Morgan fingerprint density at radius 3 is 2.41 bits per heavy atom. The maximum Gasteiger partial charge on any atom is 0.119 e. The van der Waals surface area contributed by atoms with Gasteiger partial charge in [-0.2, -0.15) is 11.8 Å². The number of hydrogen-bond donors (Lipinski definition) is 1. The van der Waals surface area contributed by atoms with Crippen LogP contribution in [0.2, 0.25) is 0 Å². The Hall–Kier alpha value is -0.670. The molecule has 1 N–H and O–H groups in total. The van der Waals surface area contributed by atoms with Crippen molar-refractivity contribution in [2.75, 3.05) is 19.4 Å². The van der Waals surface area contributed by atoms with Gasteiger partial charge in [0, 0.05) is 17.8 Å². The standard InChI is InChI=1S/C14H23NOS/c1-5-16-13-8-6-12(7-9-13)10-15-11-14(2,3)17-4/h6-9,15H,5,10-11H2,1-4H3. The smallest absolute Gasteiger partial charge is 0.119 e. The van der Waals surface area contributed by atoms with Gasteiger partial charge in [-0.3, -0.25) is 0 Å². The van der Waals surface area contributed by atoms with E-state index in [-0.39, 0.29) is 0 Å². The van der Waals surface area contributed by atoms with Crippen molar-refractivity contribution < 1.29 is 4.74 Å². The number of nitrogens with one attached hydrogen (secondary N) is 1. The zero-order valence-electron chi connectivity index (χ0n) is 11.2. The van der Waals surface area contributed by atoms with Gasteiger partial charge in [-0.1, -0.05) is 12.1 Å². The van der Waals surface area contributed by atoms with Gasteiger partial charge in [-0.25, -0.2) is 0 Å². The highest BCUT2D eigenvalue weighted by atomic mass is 32.2. The van der Waals surface area contributed by atoms with Crippen LogP contribution in [0.3, 0.4) is 0 Å². The monoisotopic (exact) mass is 253 g/mol. The number of thioether (sulfide) groups is 1. The van der Waals surface area contributed by atoms with Crippen LogP contribution >= 0.6 is 11.8 Å². The van der Waals surface area contributed by atoms with Crippen molar-refractivity contribution >= 4 is 11.8 Å². The highest BCUT2D eigenvalue weighted by Gasteiger charge is 2.14. The predicted molar refractivity (Wildman–Crippen MR) is 76.9 cm³/mol. The van der Waals surface area contributed by atoms with Crippen molar-refractivity contribution in [3.05, 3.63) is 29.8 Å². The molecule has 0 saturated heterocycles. The summed E-state index contributed by atoms with van der Waals surface area (Å²) in [5, 5.41) is 3.48. The third-order valence-electron chi connectivity index (χ3n) is 2.67. The first-order chi connectivity index (χ1) is 8.07. The minimum Gasteiger partial charge on any atom is -0.494 e. The molecule has 96 valence electrons. The number of benzene rings is 1. The Morgan fingerprint density at radius 2 is 1.88 bits per heavy atom. The SMILES string of the molecule is CCOc1ccc(CNCC(C)(C)SC)cc1. The van der Waals surface area contributed by atoms with Gasteiger partial charge in [0.15, 0.2) is 0 Å². The van der Waals surface area contributed by atoms with Gasteiger partial charge < -0.3 is 10.1 Å². The molecule has 0 amide bonds. The third kappa shape index (κ3) is 5.46. The molecule has 17 heavy (non-hydrogen) atoms. The Morgan fingerprint density at radius 1 is 1.24 bits per heavy atom. The van der Waals surface area contributed by atoms with Crippen molar-refractivity contribution in [1.29, 1.82) is 0 Å². The molecule has 0 heterocycles. The van der Waals surface area contributed by atoms with Crippen LogP contribution in [0, 0.1) is 0 Å². The van der Waals surface area contributed by atoms with Gasteiger partial charge in [0.25, 0.3) is 0 Å². The molecular weight excluding hydrogens is 230 g/mol. The Labute approximate surface area is 109 Å². The maximum atomic E-state index is 5.41. The molecular formula is C14H23NOS. The molecule has 1 rings (SSSR count). The summed E-state index contributed by atoms with van der Waals surface area (Å²) in [5.41, 5.74) is 1.30. The van der Waals surface area contributed by atoms with Crippen LogP contribution in [-0.4, -0.2) is 24.2 Å². The fourth-order valence-corrected chi connectivity index (χ4v) is 1.70. The molecule has 0 aliphatic rings. The zero-order valence-corrected chi connectivity index (χ0v) is 12.1. The van der Waals surface area contributed by atoms with E-state index in [1.807, 2.05) is 30.8 Å². The summed E-state index contributed by atoms with van der Waals surface area (Å²) in [4.78, 5) is 0. The summed E-state index contributed by atoms with van der Waals surface area (Å²) in [5.74, 6) is 0.945. The average Bonchev–Trinajstić information content (AvgIpc) is 2.32. The summed E-state index contributed by atoms with van der Waals surface area (Å²) in [6.45, 7) is 9.16. The van der Waals surface area contributed by atoms with Gasteiger partial charge >= 0.3 is 0 Å². The van der Waals surface area contributed by atoms with Crippen LogP contribution < -0.4 is 10.1 Å². The second-order valence-corrected chi connectivity index (χ2v) is 6.16. The molecule has 0 atom stereocenters. The van der Waals surface area contributed by atoms with Crippen molar-refractivity contribution in [1.82, 2.24) is 5.32 Å². The van der Waals surface area contributed by atoms with Gasteiger partial charge in [0.2, 0.25) is 0 Å². The van der Waals surface area contributed by atoms with Gasteiger partial charge in [0.05, 0.1) is 6.61 Å². The lowest BCUT2D eigenvalue weighted by Crippen LogP contribution is -2.31. The van der Waals surface area contributed by atoms with E-state index in [1.165, 1.54) is 5.56 Å². The van der Waals surface area contributed by atoms with E-state index < -0.39 is 0 Å². The first-order valence-corrected chi connectivity index (χ1v) is 7.27. The Balaban J connectivity index is 2.37. The molecule has 0 spiro atoms. The van der Waals surface area contributed by atoms with Crippen molar-refractivity contribution in [2.45, 2.75) is 32.1 Å². The zero-order chi connectivity index (χ0) is 12.7. The lowest BCUT2D eigenvalue weighted by atomic mass is 10.2. The van der Waals surface area contributed by atoms with Crippen LogP contribution in [0.15, 0.2) is 24.3 Å². The number of ether oxygens (including phenoxy) is 1. The molecule has 0 aliphatic heterocycles. The largest absolute Gasteiger partial charge is 0.494 e. The summed E-state index contributed by atoms with van der Waals surface area (Å²) >= 11 is 1.89. The molecule has 3 heteroatoms. The first kappa shape index (κ1) is 14.4. The van der Waals surface area contributed by atoms with Crippen LogP contribution in [-0.2, 0) is 6.54 Å². The van der Waals surface area contributed by atoms with Gasteiger partial charge in [-0.15, -0.1) is 0 Å². The molecule has 0 radical (unpaired) electrons. The molecule has 0 aromatic heterocycles. The van der Waals surface area contributed by atoms with Crippen molar-refractivity contribution in [3.63, 3.8) is 0 Å². The van der Waals surface area contributed by atoms with Crippen LogP contribution in [0.1, 0.15) is 26.3 Å². The van der Waals surface area contributed by atoms with Crippen molar-refractivity contribution in [3.8, 4) is 5.75 Å². The normalized spacial score (nSPS) is 11.5. The topological polar surface area (TPSA) is 21.3 Å². The minimum atomic E-state index is 0.297. The molecule has 0 saturated carbocycles. The number of rotatable bonds is 7. The van der Waals surface area contributed by atoms with E-state index in [0.29, 0.717) is 4.75 Å². The maximum absolute atomic E-state index is 5.41. The van der Waals surface area contributed by atoms with E-state index in [4.69, 9.17) is 4.74 Å². The average molecular weight is 253 g/mol. The van der Waals surface area contributed by atoms with E-state index in [1.54, 1.807) is 0 Å². The van der Waals surface area contributed by atoms with Crippen molar-refractivity contribution in [2.24, 2.45) is 0 Å². The second kappa shape index (κ2) is 6.92. The van der Waals surface area contributed by atoms with Gasteiger partial charge in [-0.05, 0) is 44.7 Å². The van der Waals surface area contributed by atoms with E-state index in [2.05, 4.69) is 37.6 Å². The van der Waals surface area contributed by atoms with Crippen LogP contribution in [0.4, 0.5) is 0 Å². The van der Waals surface area contributed by atoms with E-state index >= 15 is 0 Å². The molecule has 1 aromatic rings. The quantitative estimate of drug-likeness (QED) is 0.805. The molecule has 0 fully saturated rings.